The minimum Gasteiger partial charge on any atom is -0.469 e. The fraction of sp³-hybridized carbons (Fsp3) is 0.769. The molecule has 1 heterocycles. The number of hydrogen-bond acceptors (Lipinski definition) is 8. The van der Waals surface area contributed by atoms with E-state index in [1.54, 1.807) is 0 Å². The van der Waals surface area contributed by atoms with Crippen molar-refractivity contribution in [1.82, 2.24) is 9.03 Å². The lowest BCUT2D eigenvalue weighted by molar-refractivity contribution is -0.149. The third-order valence-electron chi connectivity index (χ3n) is 3.29. The van der Waals surface area contributed by atoms with Crippen molar-refractivity contribution >= 4 is 28.2 Å². The molecule has 0 aliphatic carbocycles. The maximum absolute atomic E-state index is 12.5. The van der Waals surface area contributed by atoms with Gasteiger partial charge in [-0.05, 0) is 12.3 Å². The van der Waals surface area contributed by atoms with E-state index in [-0.39, 0.29) is 12.5 Å². The molecule has 11 heteroatoms. The quantitative estimate of drug-likeness (QED) is 0.462. The van der Waals surface area contributed by atoms with E-state index in [2.05, 4.69) is 9.47 Å². The number of amides is 1. The first-order valence-electron chi connectivity index (χ1n) is 7.25. The van der Waals surface area contributed by atoms with Crippen LogP contribution < -0.4 is 4.72 Å². The molecule has 138 valence electrons. The number of hydrogen-bond donors (Lipinski definition) is 1. The fourth-order valence-corrected chi connectivity index (χ4v) is 3.69. The highest BCUT2D eigenvalue weighted by atomic mass is 32.2. The second-order valence-corrected chi connectivity index (χ2v) is 7.21. The summed E-state index contributed by atoms with van der Waals surface area (Å²) in [5, 5.41) is 0. The SMILES string of the molecule is COC(=O)CC(NS(=O)(=O)N1C(=O)OC[C@@H]1CC(C)C)C(=O)OC. The molecule has 1 N–H and O–H groups in total. The van der Waals surface area contributed by atoms with Crippen LogP contribution in [0.1, 0.15) is 26.7 Å². The maximum atomic E-state index is 12.5. The van der Waals surface area contributed by atoms with Gasteiger partial charge in [0.2, 0.25) is 0 Å². The molecule has 0 aromatic carbocycles. The van der Waals surface area contributed by atoms with E-state index in [1.807, 2.05) is 18.6 Å². The number of nitrogens with one attached hydrogen (secondary N) is 1. The average Bonchev–Trinajstić information content (AvgIpc) is 2.85. The molecule has 0 radical (unpaired) electrons. The Morgan fingerprint density at radius 2 is 1.96 bits per heavy atom. The molecule has 0 aromatic rings. The van der Waals surface area contributed by atoms with Crippen molar-refractivity contribution in [3.8, 4) is 0 Å². The molecule has 1 unspecified atom stereocenters. The Bertz CT molecular complexity index is 589. The number of cyclic esters (lactones) is 1. The molecule has 0 aromatic heterocycles. The first kappa shape index (κ1) is 20.2. The van der Waals surface area contributed by atoms with E-state index >= 15 is 0 Å². The van der Waals surface area contributed by atoms with Crippen LogP contribution in [0.15, 0.2) is 0 Å². The molecule has 1 fully saturated rings. The van der Waals surface area contributed by atoms with Gasteiger partial charge in [0, 0.05) is 0 Å². The minimum absolute atomic E-state index is 0.0716. The first-order valence-corrected chi connectivity index (χ1v) is 8.69. The van der Waals surface area contributed by atoms with Gasteiger partial charge >= 0.3 is 28.2 Å². The highest BCUT2D eigenvalue weighted by molar-refractivity contribution is 7.87. The van der Waals surface area contributed by atoms with Crippen LogP contribution in [0.4, 0.5) is 4.79 Å². The number of carbonyl (C=O) groups is 3. The van der Waals surface area contributed by atoms with Crippen molar-refractivity contribution in [3.05, 3.63) is 0 Å². The van der Waals surface area contributed by atoms with Gasteiger partial charge in [-0.3, -0.25) is 9.59 Å². The summed E-state index contributed by atoms with van der Waals surface area (Å²) in [6.45, 7) is 3.67. The van der Waals surface area contributed by atoms with Crippen LogP contribution in [-0.4, -0.2) is 63.7 Å². The smallest absolute Gasteiger partial charge is 0.425 e. The van der Waals surface area contributed by atoms with E-state index < -0.39 is 46.7 Å². The van der Waals surface area contributed by atoms with Gasteiger partial charge in [-0.2, -0.15) is 17.4 Å². The molecule has 10 nitrogen and oxygen atoms in total. The van der Waals surface area contributed by atoms with E-state index in [0.29, 0.717) is 10.7 Å². The fourth-order valence-electron chi connectivity index (χ4n) is 2.25. The topological polar surface area (TPSA) is 128 Å². The second-order valence-electron chi connectivity index (χ2n) is 5.63. The molecule has 0 spiro atoms. The molecule has 1 amide bonds. The van der Waals surface area contributed by atoms with Crippen LogP contribution in [0.3, 0.4) is 0 Å². The first-order chi connectivity index (χ1) is 11.1. The van der Waals surface area contributed by atoms with Crippen molar-refractivity contribution in [2.45, 2.75) is 38.8 Å². The Morgan fingerprint density at radius 3 is 2.46 bits per heavy atom. The standard InChI is InChI=1S/C13H22N2O8S/c1-8(2)5-9-7-23-13(18)15(9)24(19,20)14-10(12(17)22-4)6-11(16)21-3/h8-10,14H,5-7H2,1-4H3/t9-,10?/m0/s1. The molecule has 1 saturated heterocycles. The number of methoxy groups -OCH3 is 2. The van der Waals surface area contributed by atoms with E-state index in [0.717, 1.165) is 14.2 Å². The predicted molar refractivity (Wildman–Crippen MR) is 80.9 cm³/mol. The zero-order valence-electron chi connectivity index (χ0n) is 14.0. The lowest BCUT2D eigenvalue weighted by Gasteiger charge is -2.24. The Morgan fingerprint density at radius 1 is 1.33 bits per heavy atom. The van der Waals surface area contributed by atoms with Crippen LogP contribution in [0, 0.1) is 5.92 Å². The lowest BCUT2D eigenvalue weighted by Crippen LogP contribution is -2.52. The van der Waals surface area contributed by atoms with Crippen molar-refractivity contribution in [1.29, 1.82) is 0 Å². The van der Waals surface area contributed by atoms with E-state index in [9.17, 15) is 22.8 Å². The third-order valence-corrected chi connectivity index (χ3v) is 4.84. The monoisotopic (exact) mass is 366 g/mol. The number of nitrogens with zero attached hydrogens (tertiary/aromatic N) is 1. The Labute approximate surface area is 140 Å². The molecule has 1 aliphatic rings. The molecule has 1 rings (SSSR count). The minimum atomic E-state index is -4.41. The number of ether oxygens (including phenoxy) is 3. The van der Waals surface area contributed by atoms with Gasteiger partial charge in [-0.1, -0.05) is 13.8 Å². The Kier molecular flexibility index (Phi) is 6.96. The van der Waals surface area contributed by atoms with Crippen molar-refractivity contribution in [2.75, 3.05) is 20.8 Å². The summed E-state index contributed by atoms with van der Waals surface area (Å²) in [7, 11) is -2.26. The van der Waals surface area contributed by atoms with Gasteiger partial charge in [-0.25, -0.2) is 4.79 Å². The molecule has 24 heavy (non-hydrogen) atoms. The molecule has 2 atom stereocenters. The summed E-state index contributed by atoms with van der Waals surface area (Å²) in [6.07, 6.45) is -1.21. The van der Waals surface area contributed by atoms with Gasteiger partial charge in [0.1, 0.15) is 12.6 Å². The summed E-state index contributed by atoms with van der Waals surface area (Å²) < 4.78 is 41.2. The molecule has 1 aliphatic heterocycles. The van der Waals surface area contributed by atoms with Crippen LogP contribution in [0.5, 0.6) is 0 Å². The molecular weight excluding hydrogens is 344 g/mol. The Balaban J connectivity index is 3.00. The predicted octanol–water partition coefficient (Wildman–Crippen LogP) is -0.208. The normalized spacial score (nSPS) is 19.1. The largest absolute Gasteiger partial charge is 0.469 e. The summed E-state index contributed by atoms with van der Waals surface area (Å²) in [6, 6.07) is -2.20. The highest BCUT2D eigenvalue weighted by Gasteiger charge is 2.44. The van der Waals surface area contributed by atoms with Crippen LogP contribution in [-0.2, 0) is 34.0 Å². The average molecular weight is 366 g/mol. The number of esters is 2. The van der Waals surface area contributed by atoms with Gasteiger partial charge in [0.15, 0.2) is 0 Å². The molecule has 0 bridgehead atoms. The van der Waals surface area contributed by atoms with E-state index in [4.69, 9.17) is 4.74 Å². The molecule has 0 saturated carbocycles. The van der Waals surface area contributed by atoms with Crippen LogP contribution >= 0.6 is 0 Å². The van der Waals surface area contributed by atoms with Crippen LogP contribution in [0.2, 0.25) is 0 Å². The van der Waals surface area contributed by atoms with Crippen molar-refractivity contribution < 1.29 is 37.0 Å². The second kappa shape index (κ2) is 8.29. The van der Waals surface area contributed by atoms with Crippen molar-refractivity contribution in [2.24, 2.45) is 5.92 Å². The van der Waals surface area contributed by atoms with Gasteiger partial charge in [0.05, 0.1) is 26.7 Å². The number of rotatable bonds is 8. The van der Waals surface area contributed by atoms with Crippen LogP contribution in [0.25, 0.3) is 0 Å². The summed E-state index contributed by atoms with van der Waals surface area (Å²) >= 11 is 0. The van der Waals surface area contributed by atoms with Gasteiger partial charge in [0.25, 0.3) is 0 Å². The maximum Gasteiger partial charge on any atom is 0.425 e. The van der Waals surface area contributed by atoms with Gasteiger partial charge in [-0.15, -0.1) is 0 Å². The zero-order chi connectivity index (χ0) is 18.5. The Hall–Kier alpha value is -1.88. The van der Waals surface area contributed by atoms with E-state index in [1.165, 1.54) is 0 Å². The molecular formula is C13H22N2O8S. The highest BCUT2D eigenvalue weighted by Crippen LogP contribution is 2.22. The summed E-state index contributed by atoms with van der Waals surface area (Å²) in [4.78, 5) is 34.8. The summed E-state index contributed by atoms with van der Waals surface area (Å²) in [5.41, 5.74) is 0. The third kappa shape index (κ3) is 5.06. The summed E-state index contributed by atoms with van der Waals surface area (Å²) in [5.74, 6) is -1.67. The van der Waals surface area contributed by atoms with Gasteiger partial charge < -0.3 is 14.2 Å². The lowest BCUT2D eigenvalue weighted by atomic mass is 10.1. The number of carbonyl (C=O) groups excluding carboxylic acids is 3. The zero-order valence-corrected chi connectivity index (χ0v) is 14.8. The van der Waals surface area contributed by atoms with Crippen molar-refractivity contribution in [3.63, 3.8) is 0 Å².